The first-order valence-electron chi connectivity index (χ1n) is 4.09. The van der Waals surface area contributed by atoms with E-state index in [0.717, 1.165) is 0 Å². The first-order chi connectivity index (χ1) is 6.74. The molecule has 0 saturated heterocycles. The molecule has 1 aromatic heterocycles. The second kappa shape index (κ2) is 3.40. The van der Waals surface area contributed by atoms with Crippen molar-refractivity contribution in [1.82, 2.24) is 9.55 Å². The molecule has 1 heterocycles. The number of aromatic nitrogens is 2. The van der Waals surface area contributed by atoms with Gasteiger partial charge in [-0.3, -0.25) is 9.36 Å². The van der Waals surface area contributed by atoms with E-state index in [-0.39, 0.29) is 17.5 Å². The number of halogens is 1. The molecule has 0 bridgehead atoms. The molecule has 0 unspecified atom stereocenters. The Labute approximate surface area is 84.9 Å². The van der Waals surface area contributed by atoms with Gasteiger partial charge in [-0.05, 0) is 23.7 Å². The zero-order chi connectivity index (χ0) is 10.1. The molecular formula is C9H8ClN3O. The third kappa shape index (κ3) is 1.29. The van der Waals surface area contributed by atoms with Crippen molar-refractivity contribution < 1.29 is 0 Å². The third-order valence-corrected chi connectivity index (χ3v) is 2.29. The topological polar surface area (TPSA) is 60.9 Å². The maximum absolute atomic E-state index is 11.7. The second-order valence-electron chi connectivity index (χ2n) is 2.81. The Balaban J connectivity index is 2.93. The lowest BCUT2D eigenvalue weighted by Gasteiger charge is -2.05. The van der Waals surface area contributed by atoms with Crippen molar-refractivity contribution in [3.63, 3.8) is 0 Å². The fraction of sp³-hybridized carbons (Fsp3) is 0.111. The quantitative estimate of drug-likeness (QED) is 0.712. The Morgan fingerprint density at radius 2 is 2.14 bits per heavy atom. The van der Waals surface area contributed by atoms with Crippen LogP contribution in [0.4, 0.5) is 0 Å². The van der Waals surface area contributed by atoms with E-state index in [4.69, 9.17) is 17.3 Å². The molecular weight excluding hydrogens is 202 g/mol. The van der Waals surface area contributed by atoms with Gasteiger partial charge in [0, 0.05) is 0 Å². The van der Waals surface area contributed by atoms with Crippen molar-refractivity contribution in [1.29, 1.82) is 0 Å². The maximum atomic E-state index is 11.7. The molecule has 0 saturated carbocycles. The zero-order valence-electron chi connectivity index (χ0n) is 7.27. The van der Waals surface area contributed by atoms with Crippen LogP contribution in [0.3, 0.4) is 0 Å². The highest BCUT2D eigenvalue weighted by Crippen LogP contribution is 2.10. The molecule has 0 aliphatic rings. The van der Waals surface area contributed by atoms with E-state index in [1.807, 2.05) is 0 Å². The molecule has 2 N–H and O–H groups in total. The van der Waals surface area contributed by atoms with Gasteiger partial charge in [-0.2, -0.15) is 0 Å². The molecule has 2 rings (SSSR count). The van der Waals surface area contributed by atoms with Crippen LogP contribution in [-0.4, -0.2) is 9.55 Å². The Morgan fingerprint density at radius 3 is 2.86 bits per heavy atom. The van der Waals surface area contributed by atoms with E-state index >= 15 is 0 Å². The number of benzene rings is 1. The van der Waals surface area contributed by atoms with Crippen LogP contribution in [0.2, 0.25) is 5.28 Å². The van der Waals surface area contributed by atoms with Crippen LogP contribution < -0.4 is 11.3 Å². The van der Waals surface area contributed by atoms with Gasteiger partial charge in [-0.1, -0.05) is 12.1 Å². The number of para-hydroxylation sites is 1. The van der Waals surface area contributed by atoms with Crippen molar-refractivity contribution in [2.24, 2.45) is 5.73 Å². The van der Waals surface area contributed by atoms with E-state index in [9.17, 15) is 4.79 Å². The van der Waals surface area contributed by atoms with Gasteiger partial charge >= 0.3 is 0 Å². The first-order valence-corrected chi connectivity index (χ1v) is 4.47. The number of rotatable bonds is 1. The summed E-state index contributed by atoms with van der Waals surface area (Å²) in [5.41, 5.74) is 5.77. The third-order valence-electron chi connectivity index (χ3n) is 2.00. The number of nitrogens with two attached hydrogens (primary N) is 1. The van der Waals surface area contributed by atoms with Gasteiger partial charge in [0.2, 0.25) is 5.28 Å². The summed E-state index contributed by atoms with van der Waals surface area (Å²) >= 11 is 5.78. The van der Waals surface area contributed by atoms with Crippen molar-refractivity contribution in [2.75, 3.05) is 0 Å². The van der Waals surface area contributed by atoms with E-state index in [1.165, 1.54) is 4.57 Å². The Kier molecular flexibility index (Phi) is 2.23. The molecule has 14 heavy (non-hydrogen) atoms. The minimum absolute atomic E-state index is 0.0372. The predicted octanol–water partition coefficient (Wildman–Crippen LogP) is 0.966. The minimum atomic E-state index is -0.205. The van der Waals surface area contributed by atoms with Gasteiger partial charge in [-0.15, -0.1) is 0 Å². The SMILES string of the molecule is NCn1c(Cl)nc2ccccc2c1=O. The summed E-state index contributed by atoms with van der Waals surface area (Å²) in [6.07, 6.45) is 0. The van der Waals surface area contributed by atoms with Crippen LogP contribution >= 0.6 is 11.6 Å². The van der Waals surface area contributed by atoms with Crippen LogP contribution in [0.15, 0.2) is 29.1 Å². The molecule has 0 radical (unpaired) electrons. The lowest BCUT2D eigenvalue weighted by atomic mass is 10.2. The number of hydrogen-bond acceptors (Lipinski definition) is 3. The summed E-state index contributed by atoms with van der Waals surface area (Å²) in [5, 5.41) is 0.651. The molecule has 0 fully saturated rings. The van der Waals surface area contributed by atoms with Crippen LogP contribution in [0.1, 0.15) is 0 Å². The van der Waals surface area contributed by atoms with Crippen molar-refractivity contribution in [3.8, 4) is 0 Å². The van der Waals surface area contributed by atoms with Gasteiger partial charge in [0.15, 0.2) is 0 Å². The molecule has 5 heteroatoms. The first kappa shape index (κ1) is 9.18. The van der Waals surface area contributed by atoms with Crippen LogP contribution in [0.25, 0.3) is 10.9 Å². The zero-order valence-corrected chi connectivity index (χ0v) is 8.03. The average molecular weight is 210 g/mol. The summed E-state index contributed by atoms with van der Waals surface area (Å²) in [6.45, 7) is 0.0372. The summed E-state index contributed by atoms with van der Waals surface area (Å²) in [5.74, 6) is 0. The van der Waals surface area contributed by atoms with Gasteiger partial charge in [0.05, 0.1) is 17.6 Å². The molecule has 0 atom stereocenters. The summed E-state index contributed by atoms with van der Waals surface area (Å²) in [7, 11) is 0. The summed E-state index contributed by atoms with van der Waals surface area (Å²) in [6, 6.07) is 7.02. The van der Waals surface area contributed by atoms with E-state index < -0.39 is 0 Å². The number of fused-ring (bicyclic) bond motifs is 1. The van der Waals surface area contributed by atoms with Gasteiger partial charge in [-0.25, -0.2) is 4.98 Å². The smallest absolute Gasteiger partial charge is 0.263 e. The fourth-order valence-electron chi connectivity index (χ4n) is 1.30. The maximum Gasteiger partial charge on any atom is 0.263 e. The largest absolute Gasteiger partial charge is 0.313 e. The van der Waals surface area contributed by atoms with Crippen molar-refractivity contribution >= 4 is 22.5 Å². The van der Waals surface area contributed by atoms with Crippen LogP contribution in [0.5, 0.6) is 0 Å². The second-order valence-corrected chi connectivity index (χ2v) is 3.15. The molecule has 0 amide bonds. The molecule has 2 aromatic rings. The van der Waals surface area contributed by atoms with Gasteiger partial charge in [0.1, 0.15) is 0 Å². The Hall–Kier alpha value is -1.39. The van der Waals surface area contributed by atoms with E-state index in [0.29, 0.717) is 10.9 Å². The van der Waals surface area contributed by atoms with Crippen LogP contribution in [-0.2, 0) is 6.67 Å². The molecule has 4 nitrogen and oxygen atoms in total. The Morgan fingerprint density at radius 1 is 1.43 bits per heavy atom. The molecule has 0 aliphatic carbocycles. The van der Waals surface area contributed by atoms with E-state index in [1.54, 1.807) is 24.3 Å². The normalized spacial score (nSPS) is 10.7. The highest BCUT2D eigenvalue weighted by Gasteiger charge is 2.06. The lowest BCUT2D eigenvalue weighted by molar-refractivity contribution is 0.693. The number of nitrogens with zero attached hydrogens (tertiary/aromatic N) is 2. The molecule has 72 valence electrons. The Bertz CT molecular complexity index is 535. The molecule has 1 aromatic carbocycles. The minimum Gasteiger partial charge on any atom is -0.313 e. The van der Waals surface area contributed by atoms with Crippen LogP contribution in [0, 0.1) is 0 Å². The standard InChI is InChI=1S/C9H8ClN3O/c10-9-12-7-4-2-1-3-6(7)8(14)13(9)5-11/h1-4H,5,11H2. The monoisotopic (exact) mass is 209 g/mol. The predicted molar refractivity (Wildman–Crippen MR) is 55.2 cm³/mol. The lowest BCUT2D eigenvalue weighted by Crippen LogP contribution is -2.25. The average Bonchev–Trinajstić information content (AvgIpc) is 2.18. The number of hydrogen-bond donors (Lipinski definition) is 1. The van der Waals surface area contributed by atoms with E-state index in [2.05, 4.69) is 4.98 Å². The molecule has 0 aliphatic heterocycles. The molecule has 0 spiro atoms. The highest BCUT2D eigenvalue weighted by atomic mass is 35.5. The highest BCUT2D eigenvalue weighted by molar-refractivity contribution is 6.28. The van der Waals surface area contributed by atoms with Crippen molar-refractivity contribution in [3.05, 3.63) is 39.9 Å². The fourth-order valence-corrected chi connectivity index (χ4v) is 1.54. The summed E-state index contributed by atoms with van der Waals surface area (Å²) in [4.78, 5) is 15.8. The van der Waals surface area contributed by atoms with Crippen molar-refractivity contribution in [2.45, 2.75) is 6.67 Å². The van der Waals surface area contributed by atoms with Gasteiger partial charge in [0.25, 0.3) is 5.56 Å². The van der Waals surface area contributed by atoms with Gasteiger partial charge < -0.3 is 5.73 Å². The summed E-state index contributed by atoms with van der Waals surface area (Å²) < 4.78 is 1.23.